The first kappa shape index (κ1) is 16.3. The van der Waals surface area contributed by atoms with Gasteiger partial charge in [0.1, 0.15) is 5.75 Å². The Morgan fingerprint density at radius 2 is 2.04 bits per heavy atom. The summed E-state index contributed by atoms with van der Waals surface area (Å²) < 4.78 is 0. The Balaban J connectivity index is 1.97. The molecule has 124 valence electrons. The van der Waals surface area contributed by atoms with Gasteiger partial charge in [0, 0.05) is 5.56 Å². The van der Waals surface area contributed by atoms with Crippen molar-refractivity contribution in [2.75, 3.05) is 5.43 Å². The van der Waals surface area contributed by atoms with Gasteiger partial charge < -0.3 is 10.2 Å². The minimum Gasteiger partial charge on any atom is -0.507 e. The second-order valence-electron chi connectivity index (χ2n) is 5.78. The molecule has 6 heteroatoms. The number of halogens is 1. The molecule has 24 heavy (non-hydrogen) atoms. The zero-order valence-electron chi connectivity index (χ0n) is 13.1. The Hall–Kier alpha value is -2.53. The van der Waals surface area contributed by atoms with Crippen LogP contribution in [0.15, 0.2) is 35.4 Å². The Morgan fingerprint density at radius 1 is 1.25 bits per heavy atom. The summed E-state index contributed by atoms with van der Waals surface area (Å²) >= 11 is 6.10. The fourth-order valence-electron chi connectivity index (χ4n) is 2.92. The summed E-state index contributed by atoms with van der Waals surface area (Å²) in [7, 11) is 0. The number of carboxylic acid groups (broad SMARTS) is 1. The number of hydrogen-bond acceptors (Lipinski definition) is 4. The van der Waals surface area contributed by atoms with E-state index < -0.39 is 5.97 Å². The molecule has 0 atom stereocenters. The van der Waals surface area contributed by atoms with Gasteiger partial charge in [-0.1, -0.05) is 17.7 Å². The summed E-state index contributed by atoms with van der Waals surface area (Å²) in [6, 6.07) is 7.97. The zero-order valence-corrected chi connectivity index (χ0v) is 13.9. The number of nitrogens with zero attached hydrogens (tertiary/aromatic N) is 1. The first-order valence-corrected chi connectivity index (χ1v) is 8.02. The largest absolute Gasteiger partial charge is 0.507 e. The lowest BCUT2D eigenvalue weighted by Crippen LogP contribution is -2.15. The van der Waals surface area contributed by atoms with Gasteiger partial charge in [-0.25, -0.2) is 4.79 Å². The van der Waals surface area contributed by atoms with E-state index in [9.17, 15) is 9.90 Å². The maximum atomic E-state index is 11.1. The van der Waals surface area contributed by atoms with E-state index >= 15 is 0 Å². The van der Waals surface area contributed by atoms with Crippen molar-refractivity contribution in [3.05, 3.63) is 57.6 Å². The molecule has 0 fully saturated rings. The second-order valence-corrected chi connectivity index (χ2v) is 6.19. The number of phenolic OH excluding ortho intramolecular Hbond substituents is 1. The van der Waals surface area contributed by atoms with Crippen molar-refractivity contribution in [3.63, 3.8) is 0 Å². The molecular weight excluding hydrogens is 328 g/mol. The molecule has 2 aromatic rings. The molecule has 1 aliphatic carbocycles. The van der Waals surface area contributed by atoms with E-state index in [1.54, 1.807) is 6.07 Å². The zero-order chi connectivity index (χ0) is 17.3. The van der Waals surface area contributed by atoms with Gasteiger partial charge in [0.05, 0.1) is 22.0 Å². The highest BCUT2D eigenvalue weighted by molar-refractivity contribution is 6.33. The van der Waals surface area contributed by atoms with Crippen molar-refractivity contribution >= 4 is 29.0 Å². The van der Waals surface area contributed by atoms with Crippen LogP contribution >= 0.6 is 11.6 Å². The molecule has 0 aliphatic heterocycles. The molecule has 1 aliphatic rings. The van der Waals surface area contributed by atoms with Crippen molar-refractivity contribution in [2.45, 2.75) is 26.2 Å². The van der Waals surface area contributed by atoms with Crippen molar-refractivity contribution < 1.29 is 15.0 Å². The maximum absolute atomic E-state index is 11.1. The smallest absolute Gasteiger partial charge is 0.335 e. The highest BCUT2D eigenvalue weighted by Gasteiger charge is 2.21. The number of aromatic carboxylic acids is 1. The van der Waals surface area contributed by atoms with E-state index in [4.69, 9.17) is 16.7 Å². The number of aromatic hydroxyl groups is 1. The summed E-state index contributed by atoms with van der Waals surface area (Å²) in [6.45, 7) is 2.02. The first-order chi connectivity index (χ1) is 11.5. The van der Waals surface area contributed by atoms with Gasteiger partial charge in [0.15, 0.2) is 0 Å². The summed E-state index contributed by atoms with van der Waals surface area (Å²) in [5.74, 6) is -0.820. The normalized spacial score (nSPS) is 15.2. The predicted octanol–water partition coefficient (Wildman–Crippen LogP) is 4.20. The van der Waals surface area contributed by atoms with E-state index in [0.717, 1.165) is 41.7 Å². The summed E-state index contributed by atoms with van der Waals surface area (Å²) in [5, 5.41) is 24.1. The Labute approximate surface area is 144 Å². The highest BCUT2D eigenvalue weighted by atomic mass is 35.5. The molecule has 0 bridgehead atoms. The number of anilines is 1. The van der Waals surface area contributed by atoms with E-state index in [2.05, 4.69) is 10.5 Å². The average molecular weight is 345 g/mol. The van der Waals surface area contributed by atoms with Crippen LogP contribution in [-0.4, -0.2) is 21.9 Å². The molecule has 0 radical (unpaired) electrons. The number of benzene rings is 2. The lowest BCUT2D eigenvalue weighted by atomic mass is 9.86. The molecular formula is C18H17ClN2O3. The SMILES string of the molecule is Cc1ccc(O)c2c1CCC/C2=N\Nc1cc(C(=O)O)ccc1Cl. The number of aryl methyl sites for hydroxylation is 1. The summed E-state index contributed by atoms with van der Waals surface area (Å²) in [5.41, 5.74) is 7.13. The highest BCUT2D eigenvalue weighted by Crippen LogP contribution is 2.32. The van der Waals surface area contributed by atoms with Crippen molar-refractivity contribution in [1.82, 2.24) is 0 Å². The average Bonchev–Trinajstić information content (AvgIpc) is 2.57. The molecule has 3 rings (SSSR count). The standard InChI is InChI=1S/C18H17ClN2O3/c1-10-5-8-16(22)17-12(10)3-2-4-14(17)20-21-15-9-11(18(23)24)6-7-13(15)19/h5-9,21-22H,2-4H2,1H3,(H,23,24)/b20-14+. The predicted molar refractivity (Wildman–Crippen MR) is 94.4 cm³/mol. The third-order valence-corrected chi connectivity index (χ3v) is 4.51. The number of carboxylic acids is 1. The minimum atomic E-state index is -1.03. The molecule has 2 aromatic carbocycles. The molecule has 0 saturated heterocycles. The Morgan fingerprint density at radius 3 is 2.79 bits per heavy atom. The second kappa shape index (κ2) is 6.53. The third-order valence-electron chi connectivity index (χ3n) is 4.18. The van der Waals surface area contributed by atoms with Crippen LogP contribution in [0, 0.1) is 6.92 Å². The van der Waals surface area contributed by atoms with Gasteiger partial charge in [-0.2, -0.15) is 5.10 Å². The lowest BCUT2D eigenvalue weighted by Gasteiger charge is -2.21. The van der Waals surface area contributed by atoms with Gasteiger partial charge in [-0.3, -0.25) is 5.43 Å². The van der Waals surface area contributed by atoms with Crippen LogP contribution in [-0.2, 0) is 6.42 Å². The summed E-state index contributed by atoms with van der Waals surface area (Å²) in [4.78, 5) is 11.1. The van der Waals surface area contributed by atoms with Gasteiger partial charge >= 0.3 is 5.97 Å². The number of rotatable bonds is 3. The van der Waals surface area contributed by atoms with Gasteiger partial charge in [0.25, 0.3) is 0 Å². The molecule has 0 heterocycles. The van der Waals surface area contributed by atoms with E-state index in [-0.39, 0.29) is 11.3 Å². The van der Waals surface area contributed by atoms with Crippen LogP contribution in [0.4, 0.5) is 5.69 Å². The number of fused-ring (bicyclic) bond motifs is 1. The minimum absolute atomic E-state index is 0.129. The molecule has 5 nitrogen and oxygen atoms in total. The molecule has 0 saturated carbocycles. The van der Waals surface area contributed by atoms with E-state index in [1.165, 1.54) is 18.2 Å². The van der Waals surface area contributed by atoms with Crippen molar-refractivity contribution in [2.24, 2.45) is 5.10 Å². The fourth-order valence-corrected chi connectivity index (χ4v) is 3.08. The van der Waals surface area contributed by atoms with E-state index in [1.807, 2.05) is 13.0 Å². The number of carbonyl (C=O) groups is 1. The Kier molecular flexibility index (Phi) is 4.44. The fraction of sp³-hybridized carbons (Fsp3) is 0.222. The number of phenols is 1. The van der Waals surface area contributed by atoms with Crippen LogP contribution in [0.3, 0.4) is 0 Å². The first-order valence-electron chi connectivity index (χ1n) is 7.64. The van der Waals surface area contributed by atoms with E-state index in [0.29, 0.717) is 10.7 Å². The molecule has 0 spiro atoms. The maximum Gasteiger partial charge on any atom is 0.335 e. The third kappa shape index (κ3) is 3.08. The number of hydrazone groups is 1. The molecule has 3 N–H and O–H groups in total. The van der Waals surface area contributed by atoms with Crippen molar-refractivity contribution in [3.8, 4) is 5.75 Å². The van der Waals surface area contributed by atoms with Crippen LogP contribution in [0.1, 0.15) is 39.9 Å². The number of nitrogens with one attached hydrogen (secondary N) is 1. The molecule has 0 unspecified atom stereocenters. The van der Waals surface area contributed by atoms with Crippen molar-refractivity contribution in [1.29, 1.82) is 0 Å². The van der Waals surface area contributed by atoms with Gasteiger partial charge in [-0.15, -0.1) is 0 Å². The molecule has 0 aromatic heterocycles. The lowest BCUT2D eigenvalue weighted by molar-refractivity contribution is 0.0697. The Bertz CT molecular complexity index is 846. The number of hydrogen-bond donors (Lipinski definition) is 3. The van der Waals surface area contributed by atoms with Crippen LogP contribution in [0.2, 0.25) is 5.02 Å². The monoisotopic (exact) mass is 344 g/mol. The van der Waals surface area contributed by atoms with Crippen LogP contribution in [0.25, 0.3) is 0 Å². The molecule has 0 amide bonds. The summed E-state index contributed by atoms with van der Waals surface area (Å²) in [6.07, 6.45) is 2.58. The quantitative estimate of drug-likeness (QED) is 0.729. The van der Waals surface area contributed by atoms with Crippen LogP contribution < -0.4 is 5.43 Å². The van der Waals surface area contributed by atoms with Gasteiger partial charge in [-0.05, 0) is 61.6 Å². The van der Waals surface area contributed by atoms with Crippen LogP contribution in [0.5, 0.6) is 5.75 Å². The van der Waals surface area contributed by atoms with Gasteiger partial charge in [0.2, 0.25) is 0 Å². The topological polar surface area (TPSA) is 81.9 Å².